The summed E-state index contributed by atoms with van der Waals surface area (Å²) in [5, 5.41) is 19.8. The molecule has 4 heterocycles. The van der Waals surface area contributed by atoms with Gasteiger partial charge in [-0.2, -0.15) is 5.10 Å². The van der Waals surface area contributed by atoms with Crippen molar-refractivity contribution in [3.8, 4) is 11.3 Å². The molecule has 3 N–H and O–H groups in total. The van der Waals surface area contributed by atoms with Gasteiger partial charge in [-0.3, -0.25) is 19.4 Å². The lowest BCUT2D eigenvalue weighted by atomic mass is 10.0. The number of hydrogen-bond acceptors (Lipinski definition) is 6. The molecule has 3 aromatic heterocycles. The number of amides is 1. The zero-order valence-electron chi connectivity index (χ0n) is 16.5. The Morgan fingerprint density at radius 1 is 1.31 bits per heavy atom. The second kappa shape index (κ2) is 7.48. The normalized spacial score (nSPS) is 15.7. The summed E-state index contributed by atoms with van der Waals surface area (Å²) < 4.78 is 1.65. The fourth-order valence-corrected chi connectivity index (χ4v) is 3.40. The van der Waals surface area contributed by atoms with E-state index in [4.69, 9.17) is 0 Å². The third-order valence-electron chi connectivity index (χ3n) is 4.75. The highest BCUT2D eigenvalue weighted by atomic mass is 16.3. The van der Waals surface area contributed by atoms with Gasteiger partial charge in [0.25, 0.3) is 5.91 Å². The predicted molar refractivity (Wildman–Crippen MR) is 111 cm³/mol. The zero-order chi connectivity index (χ0) is 20.5. The summed E-state index contributed by atoms with van der Waals surface area (Å²) >= 11 is 0. The number of aromatic nitrogens is 4. The van der Waals surface area contributed by atoms with Gasteiger partial charge in [0.05, 0.1) is 47.7 Å². The van der Waals surface area contributed by atoms with E-state index in [2.05, 4.69) is 25.7 Å². The molecule has 0 aromatic carbocycles. The van der Waals surface area contributed by atoms with Gasteiger partial charge < -0.3 is 15.7 Å². The first kappa shape index (κ1) is 18.8. The molecule has 1 atom stereocenters. The summed E-state index contributed by atoms with van der Waals surface area (Å²) in [7, 11) is 0. The van der Waals surface area contributed by atoms with E-state index in [0.29, 0.717) is 23.5 Å². The molecular weight excluding hydrogens is 368 g/mol. The molecule has 0 saturated heterocycles. The second-order valence-corrected chi connectivity index (χ2v) is 7.18. The number of aliphatic hydroxyl groups excluding tert-OH is 1. The zero-order valence-corrected chi connectivity index (χ0v) is 16.5. The molecule has 0 saturated carbocycles. The van der Waals surface area contributed by atoms with Gasteiger partial charge in [-0.25, -0.2) is 0 Å². The van der Waals surface area contributed by atoms with Crippen LogP contribution in [0.3, 0.4) is 0 Å². The van der Waals surface area contributed by atoms with E-state index in [1.54, 1.807) is 42.6 Å². The van der Waals surface area contributed by atoms with Gasteiger partial charge in [0.15, 0.2) is 0 Å². The smallest absolute Gasteiger partial charge is 0.258 e. The molecule has 8 nitrogen and oxygen atoms in total. The van der Waals surface area contributed by atoms with Gasteiger partial charge in [-0.05, 0) is 38.5 Å². The molecule has 1 aliphatic heterocycles. The minimum Gasteiger partial charge on any atom is -0.391 e. The second-order valence-electron chi connectivity index (χ2n) is 7.18. The van der Waals surface area contributed by atoms with Gasteiger partial charge in [-0.1, -0.05) is 0 Å². The Morgan fingerprint density at radius 3 is 2.90 bits per heavy atom. The van der Waals surface area contributed by atoms with Gasteiger partial charge in [0.2, 0.25) is 0 Å². The van der Waals surface area contributed by atoms with Crippen molar-refractivity contribution in [3.05, 3.63) is 59.9 Å². The van der Waals surface area contributed by atoms with Crippen molar-refractivity contribution < 1.29 is 9.90 Å². The van der Waals surface area contributed by atoms with E-state index >= 15 is 0 Å². The van der Waals surface area contributed by atoms with E-state index < -0.39 is 6.10 Å². The highest BCUT2D eigenvalue weighted by Crippen LogP contribution is 2.36. The summed E-state index contributed by atoms with van der Waals surface area (Å²) in [5.74, 6) is -0.178. The average Bonchev–Trinajstić information content (AvgIpc) is 3.23. The number of anilines is 2. The maximum Gasteiger partial charge on any atom is 0.258 e. The van der Waals surface area contributed by atoms with Crippen LogP contribution in [0.25, 0.3) is 16.8 Å². The van der Waals surface area contributed by atoms with Crippen molar-refractivity contribution in [2.24, 2.45) is 0 Å². The summed E-state index contributed by atoms with van der Waals surface area (Å²) in [5.41, 5.74) is 6.25. The van der Waals surface area contributed by atoms with Crippen molar-refractivity contribution in [1.82, 2.24) is 19.7 Å². The van der Waals surface area contributed by atoms with Crippen LogP contribution in [0.4, 0.5) is 11.4 Å². The molecule has 0 bridgehead atoms. The number of carbonyl (C=O) groups excluding carboxylic acids is 1. The van der Waals surface area contributed by atoms with Crippen LogP contribution in [0.2, 0.25) is 0 Å². The molecule has 4 rings (SSSR count). The van der Waals surface area contributed by atoms with Crippen LogP contribution in [-0.2, 0) is 11.3 Å². The van der Waals surface area contributed by atoms with Crippen LogP contribution in [-0.4, -0.2) is 36.9 Å². The molecule has 0 aliphatic carbocycles. The van der Waals surface area contributed by atoms with Crippen molar-refractivity contribution in [1.29, 1.82) is 0 Å². The van der Waals surface area contributed by atoms with E-state index in [1.807, 2.05) is 26.0 Å². The molecule has 148 valence electrons. The van der Waals surface area contributed by atoms with E-state index in [-0.39, 0.29) is 5.91 Å². The summed E-state index contributed by atoms with van der Waals surface area (Å²) in [6, 6.07) is 3.84. The number of fused-ring (bicyclic) bond motifs is 1. The number of carbonyl (C=O) groups is 1. The number of aryl methyl sites for hydroxylation is 1. The number of hydrogen-bond donors (Lipinski definition) is 3. The van der Waals surface area contributed by atoms with Crippen molar-refractivity contribution in [3.63, 3.8) is 0 Å². The van der Waals surface area contributed by atoms with Crippen LogP contribution in [0.15, 0.2) is 48.8 Å². The number of rotatable bonds is 5. The number of allylic oxidation sites excluding steroid dienone is 1. The fourth-order valence-electron chi connectivity index (χ4n) is 3.40. The molecule has 29 heavy (non-hydrogen) atoms. The lowest BCUT2D eigenvalue weighted by Crippen LogP contribution is -2.11. The molecule has 1 unspecified atom stereocenters. The van der Waals surface area contributed by atoms with Crippen LogP contribution in [0, 0.1) is 6.92 Å². The maximum atomic E-state index is 12.6. The first-order valence-corrected chi connectivity index (χ1v) is 9.33. The quantitative estimate of drug-likeness (QED) is 0.579. The van der Waals surface area contributed by atoms with Crippen LogP contribution >= 0.6 is 0 Å². The average molecular weight is 390 g/mol. The van der Waals surface area contributed by atoms with Crippen LogP contribution in [0.1, 0.15) is 25.0 Å². The fraction of sp³-hybridized carbons (Fsp3) is 0.238. The topological polar surface area (TPSA) is 105 Å². The first-order chi connectivity index (χ1) is 13.9. The minimum atomic E-state index is -0.489. The Hall–Kier alpha value is -3.52. The third kappa shape index (κ3) is 3.74. The number of aliphatic hydroxyl groups is 1. The van der Waals surface area contributed by atoms with Crippen LogP contribution in [0.5, 0.6) is 0 Å². The predicted octanol–water partition coefficient (Wildman–Crippen LogP) is 2.82. The number of nitrogens with zero attached hydrogens (tertiary/aromatic N) is 4. The summed E-state index contributed by atoms with van der Waals surface area (Å²) in [4.78, 5) is 21.3. The van der Waals surface area contributed by atoms with Crippen molar-refractivity contribution >= 4 is 22.9 Å². The Bertz CT molecular complexity index is 1120. The van der Waals surface area contributed by atoms with E-state index in [1.165, 1.54) is 0 Å². The molecule has 8 heteroatoms. The molecule has 0 fully saturated rings. The molecule has 0 radical (unpaired) electrons. The number of pyridine rings is 2. The van der Waals surface area contributed by atoms with Gasteiger partial charge in [0.1, 0.15) is 0 Å². The lowest BCUT2D eigenvalue weighted by Gasteiger charge is -2.09. The van der Waals surface area contributed by atoms with Gasteiger partial charge in [-0.15, -0.1) is 0 Å². The SMILES string of the molecule is CC(Nc1cnn(CC(C)O)c1)=C1C(=O)Nc2cnc(-c3cnccc3C)cc21. The maximum absolute atomic E-state index is 12.6. The largest absolute Gasteiger partial charge is 0.391 e. The lowest BCUT2D eigenvalue weighted by molar-refractivity contribution is -0.110. The Labute approximate surface area is 168 Å². The summed E-state index contributed by atoms with van der Waals surface area (Å²) in [6.45, 7) is 5.97. The molecule has 3 aromatic rings. The first-order valence-electron chi connectivity index (χ1n) is 9.33. The van der Waals surface area contributed by atoms with Gasteiger partial charge >= 0.3 is 0 Å². The molecule has 1 aliphatic rings. The van der Waals surface area contributed by atoms with E-state index in [0.717, 1.165) is 28.1 Å². The number of nitrogens with one attached hydrogen (secondary N) is 2. The Kier molecular flexibility index (Phi) is 4.85. The van der Waals surface area contributed by atoms with E-state index in [9.17, 15) is 9.90 Å². The van der Waals surface area contributed by atoms with Gasteiger partial charge in [0, 0.05) is 35.4 Å². The molecule has 1 amide bonds. The molecular formula is C21H22N6O2. The monoisotopic (exact) mass is 390 g/mol. The van der Waals surface area contributed by atoms with Crippen molar-refractivity contribution in [2.75, 3.05) is 10.6 Å². The van der Waals surface area contributed by atoms with Crippen LogP contribution < -0.4 is 10.6 Å². The van der Waals surface area contributed by atoms with Crippen molar-refractivity contribution in [2.45, 2.75) is 33.4 Å². The Balaban J connectivity index is 1.68. The minimum absolute atomic E-state index is 0.178. The Morgan fingerprint density at radius 2 is 2.14 bits per heavy atom. The highest BCUT2D eigenvalue weighted by Gasteiger charge is 2.27. The standard InChI is InChI=1S/C21H22N6O2/c1-12-4-5-22-8-17(12)18-6-16-19(9-23-18)26-21(29)20(16)14(3)25-15-7-24-27(11-15)10-13(2)28/h4-9,11,13,25,28H,10H2,1-3H3,(H,26,29). The summed E-state index contributed by atoms with van der Waals surface area (Å²) in [6.07, 6.45) is 8.17. The molecule has 0 spiro atoms. The highest BCUT2D eigenvalue weighted by molar-refractivity contribution is 6.32. The third-order valence-corrected chi connectivity index (χ3v) is 4.75.